The molecule has 0 aliphatic carbocycles. The highest BCUT2D eigenvalue weighted by molar-refractivity contribution is 6.28. The molecule has 0 atom stereocenters. The van der Waals surface area contributed by atoms with Crippen LogP contribution in [0.1, 0.15) is 6.92 Å². The Kier molecular flexibility index (Phi) is 2.36. The second-order valence-electron chi connectivity index (χ2n) is 3.21. The Morgan fingerprint density at radius 1 is 1.53 bits per heavy atom. The van der Waals surface area contributed by atoms with E-state index in [0.717, 1.165) is 0 Å². The Morgan fingerprint density at radius 3 is 2.93 bits per heavy atom. The van der Waals surface area contributed by atoms with Gasteiger partial charge in [0.15, 0.2) is 0 Å². The summed E-state index contributed by atoms with van der Waals surface area (Å²) in [6, 6.07) is 4.99. The molecule has 0 spiro atoms. The van der Waals surface area contributed by atoms with Crippen LogP contribution >= 0.6 is 11.6 Å². The summed E-state index contributed by atoms with van der Waals surface area (Å²) >= 11 is 5.87. The first-order valence-corrected chi connectivity index (χ1v) is 4.97. The molecule has 0 radical (unpaired) electrons. The van der Waals surface area contributed by atoms with Crippen molar-refractivity contribution in [2.45, 2.75) is 13.5 Å². The quantitative estimate of drug-likeness (QED) is 0.591. The zero-order chi connectivity index (χ0) is 11.0. The summed E-state index contributed by atoms with van der Waals surface area (Å²) in [4.78, 5) is 16.0. The van der Waals surface area contributed by atoms with Gasteiger partial charge in [0.2, 0.25) is 5.28 Å². The Labute approximate surface area is 91.3 Å². The van der Waals surface area contributed by atoms with Gasteiger partial charge >= 0.3 is 0 Å². The predicted molar refractivity (Wildman–Crippen MR) is 61.1 cm³/mol. The molecule has 0 fully saturated rings. The molecular formula is C10H10ClN3O. The molecule has 0 aliphatic rings. The number of halogens is 1. The molecule has 1 aromatic carbocycles. The monoisotopic (exact) mass is 223 g/mol. The number of hydrogen-bond donors (Lipinski definition) is 1. The maximum absolute atomic E-state index is 11.9. The van der Waals surface area contributed by atoms with Crippen molar-refractivity contribution < 1.29 is 0 Å². The standard InChI is InChI=1S/C10H10ClN3O/c1-2-14-9(15)7-4-3-6(12)5-8(7)13-10(14)11/h3-5H,2,12H2,1H3. The van der Waals surface area contributed by atoms with E-state index in [0.29, 0.717) is 23.1 Å². The van der Waals surface area contributed by atoms with Crippen LogP contribution in [0.15, 0.2) is 23.0 Å². The number of benzene rings is 1. The van der Waals surface area contributed by atoms with Crippen LogP contribution in [0.4, 0.5) is 5.69 Å². The molecule has 78 valence electrons. The maximum atomic E-state index is 11.9. The van der Waals surface area contributed by atoms with E-state index < -0.39 is 0 Å². The van der Waals surface area contributed by atoms with E-state index in [-0.39, 0.29) is 10.8 Å². The normalized spacial score (nSPS) is 10.8. The van der Waals surface area contributed by atoms with E-state index in [1.165, 1.54) is 4.57 Å². The lowest BCUT2D eigenvalue weighted by molar-refractivity contribution is 0.719. The molecule has 2 N–H and O–H groups in total. The Morgan fingerprint density at radius 2 is 2.27 bits per heavy atom. The Bertz CT molecular complexity index is 577. The first-order valence-electron chi connectivity index (χ1n) is 4.59. The van der Waals surface area contributed by atoms with E-state index in [2.05, 4.69) is 4.98 Å². The lowest BCUT2D eigenvalue weighted by atomic mass is 10.2. The minimum Gasteiger partial charge on any atom is -0.399 e. The predicted octanol–water partition coefficient (Wildman–Crippen LogP) is 1.65. The molecule has 15 heavy (non-hydrogen) atoms. The van der Waals surface area contributed by atoms with Gasteiger partial charge < -0.3 is 5.73 Å². The highest BCUT2D eigenvalue weighted by Gasteiger charge is 2.07. The van der Waals surface area contributed by atoms with Crippen LogP contribution in [-0.4, -0.2) is 9.55 Å². The van der Waals surface area contributed by atoms with Crippen LogP contribution in [0.2, 0.25) is 5.28 Å². The van der Waals surface area contributed by atoms with Gasteiger partial charge in [0.25, 0.3) is 5.56 Å². The van der Waals surface area contributed by atoms with Crippen LogP contribution in [0.25, 0.3) is 10.9 Å². The van der Waals surface area contributed by atoms with E-state index in [1.807, 2.05) is 6.92 Å². The smallest absolute Gasteiger partial charge is 0.262 e. The fourth-order valence-corrected chi connectivity index (χ4v) is 1.77. The number of nitrogen functional groups attached to an aromatic ring is 1. The van der Waals surface area contributed by atoms with Crippen LogP contribution in [0.3, 0.4) is 0 Å². The zero-order valence-electron chi connectivity index (χ0n) is 8.20. The summed E-state index contributed by atoms with van der Waals surface area (Å²) in [7, 11) is 0. The number of fused-ring (bicyclic) bond motifs is 1. The van der Waals surface area contributed by atoms with Crippen molar-refractivity contribution >= 4 is 28.2 Å². The van der Waals surface area contributed by atoms with Crippen molar-refractivity contribution in [1.82, 2.24) is 9.55 Å². The molecule has 0 amide bonds. The Hall–Kier alpha value is -1.55. The third-order valence-corrected chi connectivity index (χ3v) is 2.54. The lowest BCUT2D eigenvalue weighted by Gasteiger charge is -2.06. The summed E-state index contributed by atoms with van der Waals surface area (Å²) in [6.45, 7) is 2.35. The molecular weight excluding hydrogens is 214 g/mol. The van der Waals surface area contributed by atoms with Crippen molar-refractivity contribution in [2.75, 3.05) is 5.73 Å². The fourth-order valence-electron chi connectivity index (χ4n) is 1.49. The summed E-state index contributed by atoms with van der Waals surface area (Å²) in [5.41, 5.74) is 6.58. The summed E-state index contributed by atoms with van der Waals surface area (Å²) in [5.74, 6) is 0. The first-order chi connectivity index (χ1) is 7.13. The van der Waals surface area contributed by atoms with Crippen LogP contribution in [0.5, 0.6) is 0 Å². The number of nitrogens with two attached hydrogens (primary N) is 1. The van der Waals surface area contributed by atoms with Gasteiger partial charge in [-0.15, -0.1) is 0 Å². The topological polar surface area (TPSA) is 60.9 Å². The highest BCUT2D eigenvalue weighted by atomic mass is 35.5. The van der Waals surface area contributed by atoms with E-state index in [4.69, 9.17) is 17.3 Å². The van der Waals surface area contributed by atoms with Crippen molar-refractivity contribution in [2.24, 2.45) is 0 Å². The molecule has 2 aromatic rings. The molecule has 0 aliphatic heterocycles. The molecule has 0 saturated carbocycles. The van der Waals surface area contributed by atoms with Gasteiger partial charge in [-0.05, 0) is 36.7 Å². The van der Waals surface area contributed by atoms with Crippen molar-refractivity contribution in [1.29, 1.82) is 0 Å². The summed E-state index contributed by atoms with van der Waals surface area (Å²) in [6.07, 6.45) is 0. The van der Waals surface area contributed by atoms with Crippen LogP contribution in [-0.2, 0) is 6.54 Å². The first kappa shape index (κ1) is 9.98. The van der Waals surface area contributed by atoms with Gasteiger partial charge in [-0.3, -0.25) is 9.36 Å². The summed E-state index contributed by atoms with van der Waals surface area (Å²) in [5, 5.41) is 0.732. The third-order valence-electron chi connectivity index (χ3n) is 2.25. The average molecular weight is 224 g/mol. The number of hydrogen-bond acceptors (Lipinski definition) is 3. The van der Waals surface area contributed by atoms with E-state index >= 15 is 0 Å². The highest BCUT2D eigenvalue weighted by Crippen LogP contribution is 2.14. The average Bonchev–Trinajstić information content (AvgIpc) is 2.17. The van der Waals surface area contributed by atoms with Crippen LogP contribution in [0, 0.1) is 0 Å². The fraction of sp³-hybridized carbons (Fsp3) is 0.200. The van der Waals surface area contributed by atoms with Crippen molar-refractivity contribution in [3.8, 4) is 0 Å². The second kappa shape index (κ2) is 3.55. The number of anilines is 1. The zero-order valence-corrected chi connectivity index (χ0v) is 8.95. The van der Waals surface area contributed by atoms with Crippen molar-refractivity contribution in [3.63, 3.8) is 0 Å². The van der Waals surface area contributed by atoms with Gasteiger partial charge in [0.05, 0.1) is 10.9 Å². The van der Waals surface area contributed by atoms with Gasteiger partial charge in [-0.25, -0.2) is 4.98 Å². The molecule has 1 heterocycles. The third kappa shape index (κ3) is 1.57. The Balaban J connectivity index is 2.91. The molecule has 5 heteroatoms. The lowest BCUT2D eigenvalue weighted by Crippen LogP contribution is -2.21. The SMILES string of the molecule is CCn1c(Cl)nc2cc(N)ccc2c1=O. The van der Waals surface area contributed by atoms with E-state index in [1.54, 1.807) is 18.2 Å². The molecule has 0 bridgehead atoms. The van der Waals surface area contributed by atoms with Crippen molar-refractivity contribution in [3.05, 3.63) is 33.8 Å². The second-order valence-corrected chi connectivity index (χ2v) is 3.54. The molecule has 1 aromatic heterocycles. The van der Waals surface area contributed by atoms with Gasteiger partial charge in [0, 0.05) is 12.2 Å². The molecule has 4 nitrogen and oxygen atoms in total. The number of aromatic nitrogens is 2. The van der Waals surface area contributed by atoms with Crippen LogP contribution < -0.4 is 11.3 Å². The largest absolute Gasteiger partial charge is 0.399 e. The maximum Gasteiger partial charge on any atom is 0.262 e. The number of nitrogens with zero attached hydrogens (tertiary/aromatic N) is 2. The molecule has 2 rings (SSSR count). The van der Waals surface area contributed by atoms with Gasteiger partial charge in [-0.1, -0.05) is 0 Å². The summed E-state index contributed by atoms with van der Waals surface area (Å²) < 4.78 is 1.42. The minimum atomic E-state index is -0.132. The van der Waals surface area contributed by atoms with Gasteiger partial charge in [-0.2, -0.15) is 0 Å². The molecule has 0 saturated heterocycles. The van der Waals surface area contributed by atoms with Gasteiger partial charge in [0.1, 0.15) is 0 Å². The minimum absolute atomic E-state index is 0.132. The van der Waals surface area contributed by atoms with E-state index in [9.17, 15) is 4.79 Å². The number of rotatable bonds is 1. The molecule has 0 unspecified atom stereocenters.